The second-order valence-electron chi connectivity index (χ2n) is 8.05. The lowest BCUT2D eigenvalue weighted by Crippen LogP contribution is -2.29. The fourth-order valence-electron chi connectivity index (χ4n) is 3.68. The molecule has 1 saturated heterocycles. The van der Waals surface area contributed by atoms with Gasteiger partial charge in [-0.1, -0.05) is 65.3 Å². The molecule has 0 bridgehead atoms. The van der Waals surface area contributed by atoms with Gasteiger partial charge in [-0.3, -0.25) is 9.69 Å². The van der Waals surface area contributed by atoms with Gasteiger partial charge >= 0.3 is 6.36 Å². The predicted molar refractivity (Wildman–Crippen MR) is 147 cm³/mol. The minimum Gasteiger partial charge on any atom is -0.406 e. The molecule has 198 valence electrons. The highest BCUT2D eigenvalue weighted by molar-refractivity contribution is 8.15. The third-order valence-electron chi connectivity index (χ3n) is 5.43. The summed E-state index contributed by atoms with van der Waals surface area (Å²) in [6.07, 6.45) is 0.137. The summed E-state index contributed by atoms with van der Waals surface area (Å²) in [5.41, 5.74) is 3.26. The molecule has 0 atom stereocenters. The van der Waals surface area contributed by atoms with Crippen LogP contribution in [-0.4, -0.2) is 39.0 Å². The Morgan fingerprint density at radius 1 is 1.00 bits per heavy atom. The molecule has 0 unspecified atom stereocenters. The Labute approximate surface area is 234 Å². The van der Waals surface area contributed by atoms with Crippen LogP contribution in [0.25, 0.3) is 16.9 Å². The van der Waals surface area contributed by atoms with Gasteiger partial charge in [0.25, 0.3) is 0 Å². The predicted octanol–water partition coefficient (Wildman–Crippen LogP) is 7.21. The van der Waals surface area contributed by atoms with Gasteiger partial charge in [-0.25, -0.2) is 4.98 Å². The summed E-state index contributed by atoms with van der Waals surface area (Å²) in [5, 5.41) is 9.37. The minimum atomic E-state index is -4.74. The van der Waals surface area contributed by atoms with Crippen LogP contribution in [0.15, 0.2) is 89.5 Å². The zero-order valence-corrected chi connectivity index (χ0v) is 22.0. The molecule has 2 heterocycles. The van der Waals surface area contributed by atoms with Crippen molar-refractivity contribution in [2.24, 2.45) is 10.2 Å². The summed E-state index contributed by atoms with van der Waals surface area (Å²) in [7, 11) is 0. The standard InChI is InChI=1S/C26H16Cl2F3N5O2S/c27-20-2-1-3-21(28)24(20)36-23(37)14-39-25(36)34-33-12-16-4-6-17(7-5-16)22-13-35(15-32-22)18-8-10-19(11-9-18)38-26(29,30)31/h1-13,15H,14H2. The van der Waals surface area contributed by atoms with Crippen LogP contribution in [0.1, 0.15) is 5.56 Å². The number of alkyl halides is 3. The first-order chi connectivity index (χ1) is 18.7. The molecule has 5 rings (SSSR count). The zero-order chi connectivity index (χ0) is 27.6. The molecule has 1 aliphatic heterocycles. The normalized spacial score (nSPS) is 15.1. The van der Waals surface area contributed by atoms with Crippen molar-refractivity contribution in [3.8, 4) is 22.7 Å². The van der Waals surface area contributed by atoms with Gasteiger partial charge in [0, 0.05) is 17.4 Å². The maximum Gasteiger partial charge on any atom is 0.573 e. The number of carbonyl (C=O) groups is 1. The highest BCUT2D eigenvalue weighted by Gasteiger charge is 2.33. The zero-order valence-electron chi connectivity index (χ0n) is 19.6. The molecule has 0 spiro atoms. The molecule has 1 aliphatic rings. The van der Waals surface area contributed by atoms with Gasteiger partial charge in [0.15, 0.2) is 5.17 Å². The number of aromatic nitrogens is 2. The van der Waals surface area contributed by atoms with Crippen molar-refractivity contribution < 1.29 is 22.7 Å². The lowest BCUT2D eigenvalue weighted by Gasteiger charge is -2.18. The molecule has 0 aliphatic carbocycles. The highest BCUT2D eigenvalue weighted by atomic mass is 35.5. The number of nitrogens with zero attached hydrogens (tertiary/aromatic N) is 5. The number of hydrogen-bond acceptors (Lipinski definition) is 6. The molecule has 0 saturated carbocycles. The summed E-state index contributed by atoms with van der Waals surface area (Å²) in [4.78, 5) is 18.2. The number of hydrogen-bond donors (Lipinski definition) is 0. The van der Waals surface area contributed by atoms with Crippen LogP contribution in [0.4, 0.5) is 18.9 Å². The third-order valence-corrected chi connectivity index (χ3v) is 6.96. The van der Waals surface area contributed by atoms with E-state index >= 15 is 0 Å². The molecule has 1 aromatic heterocycles. The van der Waals surface area contributed by atoms with E-state index in [0.29, 0.717) is 32.3 Å². The number of amides is 1. The van der Waals surface area contributed by atoms with Crippen LogP contribution >= 0.6 is 35.0 Å². The van der Waals surface area contributed by atoms with Crippen molar-refractivity contribution >= 4 is 57.9 Å². The largest absolute Gasteiger partial charge is 0.573 e. The Morgan fingerprint density at radius 3 is 2.36 bits per heavy atom. The Hall–Kier alpha value is -3.80. The lowest BCUT2D eigenvalue weighted by molar-refractivity contribution is -0.274. The number of thioether (sulfide) groups is 1. The number of ether oxygens (including phenoxy) is 1. The average Bonchev–Trinajstić information content (AvgIpc) is 3.52. The molecular weight excluding hydrogens is 574 g/mol. The quantitative estimate of drug-likeness (QED) is 0.176. The van der Waals surface area contributed by atoms with Crippen molar-refractivity contribution in [1.29, 1.82) is 0 Å². The Kier molecular flexibility index (Phi) is 7.65. The first-order valence-corrected chi connectivity index (χ1v) is 12.9. The molecular formula is C26H16Cl2F3N5O2S. The van der Waals surface area contributed by atoms with E-state index < -0.39 is 6.36 Å². The van der Waals surface area contributed by atoms with Crippen LogP contribution in [0.2, 0.25) is 10.0 Å². The van der Waals surface area contributed by atoms with E-state index in [9.17, 15) is 18.0 Å². The summed E-state index contributed by atoms with van der Waals surface area (Å²) in [6, 6.07) is 17.8. The number of carbonyl (C=O) groups excluding carboxylic acids is 1. The van der Waals surface area contributed by atoms with E-state index in [1.54, 1.807) is 41.5 Å². The SMILES string of the molecule is O=C1CSC(=NN=Cc2ccc(-c3cn(-c4ccc(OC(F)(F)F)cc4)cn3)cc2)N1c1c(Cl)cccc1Cl. The van der Waals surface area contributed by atoms with Crippen LogP contribution in [0.3, 0.4) is 0 Å². The van der Waals surface area contributed by atoms with Crippen LogP contribution < -0.4 is 9.64 Å². The molecule has 1 fully saturated rings. The van der Waals surface area contributed by atoms with Gasteiger partial charge in [-0.05, 0) is 42.0 Å². The summed E-state index contributed by atoms with van der Waals surface area (Å²) in [5.74, 6) is -0.297. The van der Waals surface area contributed by atoms with Crippen LogP contribution in [0.5, 0.6) is 5.75 Å². The summed E-state index contributed by atoms with van der Waals surface area (Å²) >= 11 is 13.8. The average molecular weight is 590 g/mol. The van der Waals surface area contributed by atoms with E-state index in [4.69, 9.17) is 23.2 Å². The van der Waals surface area contributed by atoms with Gasteiger partial charge in [-0.15, -0.1) is 18.3 Å². The molecule has 0 radical (unpaired) electrons. The number of benzene rings is 3. The number of para-hydroxylation sites is 1. The number of halogens is 5. The van der Waals surface area contributed by atoms with Gasteiger partial charge < -0.3 is 9.30 Å². The van der Waals surface area contributed by atoms with Crippen LogP contribution in [0, 0.1) is 0 Å². The van der Waals surface area contributed by atoms with E-state index in [1.807, 2.05) is 24.3 Å². The molecule has 7 nitrogen and oxygen atoms in total. The first kappa shape index (κ1) is 26.8. The van der Waals surface area contributed by atoms with Gasteiger partial charge in [0.1, 0.15) is 5.75 Å². The number of imidazole rings is 1. The number of amidine groups is 1. The van der Waals surface area contributed by atoms with Crippen molar-refractivity contribution in [1.82, 2.24) is 9.55 Å². The van der Waals surface area contributed by atoms with Gasteiger partial charge in [0.2, 0.25) is 5.91 Å². The molecule has 13 heteroatoms. The van der Waals surface area contributed by atoms with Crippen molar-refractivity contribution in [3.05, 3.63) is 94.9 Å². The number of anilines is 1. The number of rotatable bonds is 6. The lowest BCUT2D eigenvalue weighted by atomic mass is 10.1. The fourth-order valence-corrected chi connectivity index (χ4v) is 5.05. The Balaban J connectivity index is 1.27. The summed E-state index contributed by atoms with van der Waals surface area (Å²) < 4.78 is 42.7. The molecule has 4 aromatic rings. The van der Waals surface area contributed by atoms with Gasteiger partial charge in [0.05, 0.1) is 39.7 Å². The Morgan fingerprint density at radius 2 is 1.69 bits per heavy atom. The molecule has 3 aromatic carbocycles. The van der Waals surface area contributed by atoms with Crippen molar-refractivity contribution in [2.45, 2.75) is 6.36 Å². The van der Waals surface area contributed by atoms with E-state index in [0.717, 1.165) is 11.1 Å². The second kappa shape index (κ2) is 11.1. The first-order valence-electron chi connectivity index (χ1n) is 11.2. The topological polar surface area (TPSA) is 72.1 Å². The van der Waals surface area contributed by atoms with Crippen molar-refractivity contribution in [3.63, 3.8) is 0 Å². The molecule has 0 N–H and O–H groups in total. The van der Waals surface area contributed by atoms with E-state index in [1.165, 1.54) is 40.9 Å². The van der Waals surface area contributed by atoms with Crippen LogP contribution in [-0.2, 0) is 4.79 Å². The monoisotopic (exact) mass is 589 g/mol. The van der Waals surface area contributed by atoms with Gasteiger partial charge in [-0.2, -0.15) is 5.10 Å². The Bertz CT molecular complexity index is 1550. The molecule has 1 amide bonds. The fraction of sp³-hybridized carbons (Fsp3) is 0.0769. The third kappa shape index (κ3) is 6.27. The maximum atomic E-state index is 12.5. The second-order valence-corrected chi connectivity index (χ2v) is 9.80. The smallest absolute Gasteiger partial charge is 0.406 e. The van der Waals surface area contributed by atoms with E-state index in [2.05, 4.69) is 19.9 Å². The summed E-state index contributed by atoms with van der Waals surface area (Å²) in [6.45, 7) is 0. The van der Waals surface area contributed by atoms with Crippen molar-refractivity contribution in [2.75, 3.05) is 10.7 Å². The highest BCUT2D eigenvalue weighted by Crippen LogP contribution is 2.38. The molecule has 39 heavy (non-hydrogen) atoms. The maximum absolute atomic E-state index is 12.5. The minimum absolute atomic E-state index is 0.196. The van der Waals surface area contributed by atoms with E-state index in [-0.39, 0.29) is 17.4 Å².